The summed E-state index contributed by atoms with van der Waals surface area (Å²) in [6, 6.07) is 14.9. The molecule has 3 amide bonds. The summed E-state index contributed by atoms with van der Waals surface area (Å²) in [4.78, 5) is 26.3. The molecule has 0 unspecified atom stereocenters. The third-order valence-electron chi connectivity index (χ3n) is 4.94. The minimum absolute atomic E-state index is 0.0941. The first-order chi connectivity index (χ1) is 14.0. The standard InChI is InChI=1S/C21H18ClFN4O2/c22-18-17(20(24)28)16-12-26(21(29)25-15-9-5-4-8-14(15)23)10-11-27(16)19(18)13-6-2-1-3-7-13/h1-9H,10-12H2,(H2,24,28)(H,25,29). The van der Waals surface area contributed by atoms with Gasteiger partial charge in [0.25, 0.3) is 5.91 Å². The number of urea groups is 1. The van der Waals surface area contributed by atoms with E-state index in [-0.39, 0.29) is 22.8 Å². The van der Waals surface area contributed by atoms with E-state index in [1.54, 1.807) is 12.1 Å². The van der Waals surface area contributed by atoms with Gasteiger partial charge in [0, 0.05) is 13.1 Å². The van der Waals surface area contributed by atoms with Crippen molar-refractivity contribution in [1.82, 2.24) is 9.47 Å². The van der Waals surface area contributed by atoms with Crippen molar-refractivity contribution in [2.75, 3.05) is 11.9 Å². The Balaban J connectivity index is 1.68. The number of nitrogens with two attached hydrogens (primary N) is 1. The second kappa shape index (κ2) is 7.60. The van der Waals surface area contributed by atoms with Gasteiger partial charge in [-0.05, 0) is 17.7 Å². The Morgan fingerprint density at radius 1 is 1.03 bits per heavy atom. The molecule has 3 N–H and O–H groups in total. The number of primary amides is 1. The number of halogens is 2. The summed E-state index contributed by atoms with van der Waals surface area (Å²) in [5.74, 6) is -1.18. The van der Waals surface area contributed by atoms with E-state index in [1.165, 1.54) is 17.0 Å². The van der Waals surface area contributed by atoms with Gasteiger partial charge in [-0.3, -0.25) is 4.79 Å². The van der Waals surface area contributed by atoms with Crippen molar-refractivity contribution < 1.29 is 14.0 Å². The fourth-order valence-corrected chi connectivity index (χ4v) is 4.00. The number of carbonyl (C=O) groups excluding carboxylic acids is 2. The van der Waals surface area contributed by atoms with Crippen molar-refractivity contribution in [3.05, 3.63) is 76.7 Å². The molecule has 6 nitrogen and oxygen atoms in total. The summed E-state index contributed by atoms with van der Waals surface area (Å²) in [6.45, 7) is 0.929. The zero-order chi connectivity index (χ0) is 20.5. The van der Waals surface area contributed by atoms with Crippen LogP contribution in [0.15, 0.2) is 54.6 Å². The summed E-state index contributed by atoms with van der Waals surface area (Å²) in [7, 11) is 0. The summed E-state index contributed by atoms with van der Waals surface area (Å²) in [6.07, 6.45) is 0. The Kier molecular flexibility index (Phi) is 4.98. The number of benzene rings is 2. The molecule has 0 atom stereocenters. The van der Waals surface area contributed by atoms with Crippen molar-refractivity contribution in [2.45, 2.75) is 13.1 Å². The molecule has 2 heterocycles. The van der Waals surface area contributed by atoms with Gasteiger partial charge in [0.05, 0.1) is 34.2 Å². The van der Waals surface area contributed by atoms with Crippen LogP contribution in [-0.2, 0) is 13.1 Å². The molecule has 0 spiro atoms. The van der Waals surface area contributed by atoms with E-state index in [0.717, 1.165) is 5.56 Å². The number of hydrogen-bond acceptors (Lipinski definition) is 2. The Morgan fingerprint density at radius 3 is 2.41 bits per heavy atom. The molecule has 8 heteroatoms. The van der Waals surface area contributed by atoms with Crippen LogP contribution in [0.25, 0.3) is 11.3 Å². The highest BCUT2D eigenvalue weighted by Crippen LogP contribution is 2.37. The number of hydrogen-bond donors (Lipinski definition) is 2. The molecule has 3 aromatic rings. The first-order valence-corrected chi connectivity index (χ1v) is 9.41. The van der Waals surface area contributed by atoms with E-state index in [9.17, 15) is 14.0 Å². The lowest BCUT2D eigenvalue weighted by Gasteiger charge is -2.30. The van der Waals surface area contributed by atoms with E-state index >= 15 is 0 Å². The van der Waals surface area contributed by atoms with Gasteiger partial charge in [-0.1, -0.05) is 54.1 Å². The topological polar surface area (TPSA) is 80.4 Å². The summed E-state index contributed by atoms with van der Waals surface area (Å²) >= 11 is 6.54. The second-order valence-electron chi connectivity index (χ2n) is 6.70. The van der Waals surface area contributed by atoms with Crippen LogP contribution in [0.5, 0.6) is 0 Å². The summed E-state index contributed by atoms with van der Waals surface area (Å²) in [5.41, 5.74) is 8.01. The van der Waals surface area contributed by atoms with E-state index in [1.807, 2.05) is 34.9 Å². The summed E-state index contributed by atoms with van der Waals surface area (Å²) < 4.78 is 15.8. The smallest absolute Gasteiger partial charge is 0.322 e. The molecule has 1 aliphatic rings. The predicted molar refractivity (Wildman–Crippen MR) is 109 cm³/mol. The Labute approximate surface area is 171 Å². The highest BCUT2D eigenvalue weighted by molar-refractivity contribution is 6.36. The van der Waals surface area contributed by atoms with Crippen LogP contribution in [0.3, 0.4) is 0 Å². The molecule has 2 aromatic carbocycles. The Hall–Kier alpha value is -3.32. The number of nitrogens with one attached hydrogen (secondary N) is 1. The maximum absolute atomic E-state index is 13.9. The van der Waals surface area contributed by atoms with Crippen LogP contribution < -0.4 is 11.1 Å². The molecule has 1 aromatic heterocycles. The molecule has 1 aliphatic heterocycles. The molecule has 148 valence electrons. The van der Waals surface area contributed by atoms with Crippen LogP contribution in [0, 0.1) is 5.82 Å². The third-order valence-corrected chi connectivity index (χ3v) is 5.31. The zero-order valence-electron chi connectivity index (χ0n) is 15.4. The lowest BCUT2D eigenvalue weighted by Crippen LogP contribution is -2.41. The van der Waals surface area contributed by atoms with Crippen molar-refractivity contribution in [3.63, 3.8) is 0 Å². The summed E-state index contributed by atoms with van der Waals surface area (Å²) in [5, 5.41) is 2.84. The number of para-hydroxylation sites is 1. The van der Waals surface area contributed by atoms with Gasteiger partial charge in [0.1, 0.15) is 5.82 Å². The molecular weight excluding hydrogens is 395 g/mol. The number of aromatic nitrogens is 1. The zero-order valence-corrected chi connectivity index (χ0v) is 16.1. The molecule has 0 saturated heterocycles. The van der Waals surface area contributed by atoms with Gasteiger partial charge in [-0.2, -0.15) is 0 Å². The SMILES string of the molecule is NC(=O)c1c(Cl)c(-c2ccccc2)n2c1CN(C(=O)Nc1ccccc1F)CC2. The fraction of sp³-hybridized carbons (Fsp3) is 0.143. The fourth-order valence-electron chi connectivity index (χ4n) is 3.58. The van der Waals surface area contributed by atoms with Gasteiger partial charge < -0.3 is 20.5 Å². The van der Waals surface area contributed by atoms with Crippen molar-refractivity contribution in [1.29, 1.82) is 0 Å². The van der Waals surface area contributed by atoms with Crippen molar-refractivity contribution >= 4 is 29.2 Å². The lowest BCUT2D eigenvalue weighted by atomic mass is 10.1. The number of fused-ring (bicyclic) bond motifs is 1. The van der Waals surface area contributed by atoms with Crippen LogP contribution >= 0.6 is 11.6 Å². The van der Waals surface area contributed by atoms with E-state index in [4.69, 9.17) is 17.3 Å². The van der Waals surface area contributed by atoms with E-state index in [0.29, 0.717) is 24.5 Å². The average molecular weight is 413 g/mol. The Bertz CT molecular complexity index is 1100. The van der Waals surface area contributed by atoms with Gasteiger partial charge in [0.15, 0.2) is 0 Å². The maximum atomic E-state index is 13.9. The van der Waals surface area contributed by atoms with E-state index < -0.39 is 17.8 Å². The van der Waals surface area contributed by atoms with Crippen LogP contribution in [0.1, 0.15) is 16.1 Å². The second-order valence-corrected chi connectivity index (χ2v) is 7.08. The number of carbonyl (C=O) groups is 2. The van der Waals surface area contributed by atoms with Crippen LogP contribution in [-0.4, -0.2) is 28.0 Å². The monoisotopic (exact) mass is 412 g/mol. The molecule has 29 heavy (non-hydrogen) atoms. The van der Waals surface area contributed by atoms with Gasteiger partial charge in [-0.25, -0.2) is 9.18 Å². The van der Waals surface area contributed by atoms with Crippen LogP contribution in [0.4, 0.5) is 14.9 Å². The highest BCUT2D eigenvalue weighted by atomic mass is 35.5. The molecular formula is C21H18ClFN4O2. The number of anilines is 1. The molecule has 0 aliphatic carbocycles. The Morgan fingerprint density at radius 2 is 1.72 bits per heavy atom. The van der Waals surface area contributed by atoms with Crippen LogP contribution in [0.2, 0.25) is 5.02 Å². The molecule has 0 saturated carbocycles. The van der Waals surface area contributed by atoms with Gasteiger partial charge in [0.2, 0.25) is 0 Å². The van der Waals surface area contributed by atoms with Gasteiger partial charge >= 0.3 is 6.03 Å². The third kappa shape index (κ3) is 3.45. The highest BCUT2D eigenvalue weighted by Gasteiger charge is 2.31. The lowest BCUT2D eigenvalue weighted by molar-refractivity contribution is 0.0997. The first-order valence-electron chi connectivity index (χ1n) is 9.04. The molecule has 0 radical (unpaired) electrons. The predicted octanol–water partition coefficient (Wildman–Crippen LogP) is 4.09. The first kappa shape index (κ1) is 19.0. The minimum Gasteiger partial charge on any atom is -0.365 e. The normalized spacial score (nSPS) is 13.1. The van der Waals surface area contributed by atoms with Crippen molar-refractivity contribution in [3.8, 4) is 11.3 Å². The molecule has 0 bridgehead atoms. The largest absolute Gasteiger partial charge is 0.365 e. The molecule has 0 fully saturated rings. The van der Waals surface area contributed by atoms with Crippen molar-refractivity contribution in [2.24, 2.45) is 5.73 Å². The van der Waals surface area contributed by atoms with Gasteiger partial charge in [-0.15, -0.1) is 0 Å². The number of nitrogens with zero attached hydrogens (tertiary/aromatic N) is 2. The average Bonchev–Trinajstić information content (AvgIpc) is 3.01. The maximum Gasteiger partial charge on any atom is 0.322 e. The molecule has 4 rings (SSSR count). The minimum atomic E-state index is -0.655. The van der Waals surface area contributed by atoms with E-state index in [2.05, 4.69) is 5.32 Å². The number of rotatable bonds is 3. The number of amides is 3. The quantitative estimate of drug-likeness (QED) is 0.679.